The van der Waals surface area contributed by atoms with E-state index in [-0.39, 0.29) is 23.9 Å². The van der Waals surface area contributed by atoms with Crippen LogP contribution in [0.2, 0.25) is 0 Å². The Morgan fingerprint density at radius 2 is 1.92 bits per heavy atom. The molecule has 0 radical (unpaired) electrons. The van der Waals surface area contributed by atoms with Gasteiger partial charge in [-0.3, -0.25) is 29.4 Å². The highest BCUT2D eigenvalue weighted by Gasteiger charge is 2.36. The number of amides is 3. The maximum atomic E-state index is 12.9. The number of carbonyl (C=O) groups excluding carboxylic acids is 3. The Bertz CT molecular complexity index is 1430. The highest BCUT2D eigenvalue weighted by Crippen LogP contribution is 2.35. The lowest BCUT2D eigenvalue weighted by atomic mass is 10.2. The van der Waals surface area contributed by atoms with Crippen LogP contribution in [0.4, 0.5) is 16.2 Å². The standard InChI is InChI=1S/C24H18N4O7S/c29-22(25-16-7-8-19-20(10-16)35-14-34-19)13-27-23(30)21(36-24(27)31)11-17-5-3-9-26(17)12-15-4-1-2-6-18(15)28(32)33/h1-11H,12-14H2,(H,25,29)/b21-11+. The molecule has 0 atom stereocenters. The highest BCUT2D eigenvalue weighted by molar-refractivity contribution is 8.18. The second kappa shape index (κ2) is 9.58. The highest BCUT2D eigenvalue weighted by atomic mass is 32.2. The fourth-order valence-electron chi connectivity index (χ4n) is 3.80. The zero-order valence-corrected chi connectivity index (χ0v) is 19.4. The molecule has 0 spiro atoms. The molecule has 12 heteroatoms. The summed E-state index contributed by atoms with van der Waals surface area (Å²) in [6.07, 6.45) is 3.26. The van der Waals surface area contributed by atoms with E-state index < -0.39 is 28.5 Å². The lowest BCUT2D eigenvalue weighted by molar-refractivity contribution is -0.385. The van der Waals surface area contributed by atoms with Gasteiger partial charge in [0, 0.05) is 35.3 Å². The molecule has 0 bridgehead atoms. The number of aromatic nitrogens is 1. The van der Waals surface area contributed by atoms with Crippen LogP contribution in [-0.2, 0) is 16.1 Å². The summed E-state index contributed by atoms with van der Waals surface area (Å²) in [5, 5.41) is 13.4. The van der Waals surface area contributed by atoms with E-state index in [1.165, 1.54) is 12.1 Å². The van der Waals surface area contributed by atoms with Gasteiger partial charge in [0.1, 0.15) is 6.54 Å². The van der Waals surface area contributed by atoms with E-state index >= 15 is 0 Å². The molecule has 3 heterocycles. The van der Waals surface area contributed by atoms with E-state index in [9.17, 15) is 24.5 Å². The van der Waals surface area contributed by atoms with Gasteiger partial charge in [-0.15, -0.1) is 0 Å². The van der Waals surface area contributed by atoms with Crippen molar-refractivity contribution in [3.05, 3.63) is 87.1 Å². The van der Waals surface area contributed by atoms with E-state index in [0.717, 1.165) is 16.7 Å². The minimum absolute atomic E-state index is 0.00838. The van der Waals surface area contributed by atoms with Crippen molar-refractivity contribution in [3.8, 4) is 11.5 Å². The van der Waals surface area contributed by atoms with Gasteiger partial charge in [0.15, 0.2) is 11.5 Å². The Morgan fingerprint density at radius 3 is 2.75 bits per heavy atom. The summed E-state index contributed by atoms with van der Waals surface area (Å²) in [6, 6.07) is 14.7. The largest absolute Gasteiger partial charge is 0.454 e. The monoisotopic (exact) mass is 506 g/mol. The summed E-state index contributed by atoms with van der Waals surface area (Å²) in [6.45, 7) is -0.146. The summed E-state index contributed by atoms with van der Waals surface area (Å²) < 4.78 is 12.3. The third kappa shape index (κ3) is 4.66. The van der Waals surface area contributed by atoms with Gasteiger partial charge < -0.3 is 19.4 Å². The van der Waals surface area contributed by atoms with Crippen LogP contribution in [0.15, 0.2) is 65.7 Å². The van der Waals surface area contributed by atoms with E-state index in [2.05, 4.69) is 5.32 Å². The van der Waals surface area contributed by atoms with Crippen LogP contribution in [0.25, 0.3) is 6.08 Å². The molecule has 11 nitrogen and oxygen atoms in total. The second-order valence-corrected chi connectivity index (χ2v) is 8.82. The van der Waals surface area contributed by atoms with E-state index in [1.54, 1.807) is 59.3 Å². The molecule has 2 aromatic carbocycles. The maximum absolute atomic E-state index is 12.9. The molecule has 0 aliphatic carbocycles. The first-order valence-corrected chi connectivity index (χ1v) is 11.5. The Labute approximate surface area is 208 Å². The Hall–Kier alpha value is -4.58. The van der Waals surface area contributed by atoms with Gasteiger partial charge in [0.2, 0.25) is 12.7 Å². The topological polar surface area (TPSA) is 133 Å². The molecule has 1 N–H and O–H groups in total. The predicted molar refractivity (Wildman–Crippen MR) is 131 cm³/mol. The Balaban J connectivity index is 1.28. The number of hydrogen-bond donors (Lipinski definition) is 1. The quantitative estimate of drug-likeness (QED) is 0.290. The molecule has 5 rings (SSSR count). The first kappa shape index (κ1) is 23.2. The van der Waals surface area contributed by atoms with Crippen LogP contribution in [-0.4, -0.2) is 44.8 Å². The van der Waals surface area contributed by atoms with Crippen molar-refractivity contribution in [1.82, 2.24) is 9.47 Å². The lowest BCUT2D eigenvalue weighted by Crippen LogP contribution is -2.36. The van der Waals surface area contributed by atoms with Crippen molar-refractivity contribution < 1.29 is 28.8 Å². The summed E-state index contributed by atoms with van der Waals surface area (Å²) in [4.78, 5) is 49.8. The Kier molecular flexibility index (Phi) is 6.17. The zero-order chi connectivity index (χ0) is 25.2. The van der Waals surface area contributed by atoms with Gasteiger partial charge in [-0.1, -0.05) is 18.2 Å². The zero-order valence-electron chi connectivity index (χ0n) is 18.6. The van der Waals surface area contributed by atoms with Crippen LogP contribution in [0.5, 0.6) is 11.5 Å². The SMILES string of the molecule is O=C(CN1C(=O)S/C(=C/c2cccn2Cc2ccccc2[N+](=O)[O-])C1=O)Nc1ccc2c(c1)OCO2. The third-order valence-corrected chi connectivity index (χ3v) is 6.41. The first-order valence-electron chi connectivity index (χ1n) is 10.7. The molecule has 3 aromatic rings. The van der Waals surface area contributed by atoms with Crippen LogP contribution >= 0.6 is 11.8 Å². The van der Waals surface area contributed by atoms with Crippen LogP contribution in [0.1, 0.15) is 11.3 Å². The van der Waals surface area contributed by atoms with Crippen LogP contribution in [0, 0.1) is 10.1 Å². The van der Waals surface area contributed by atoms with Gasteiger partial charge in [-0.05, 0) is 42.1 Å². The number of rotatable bonds is 7. The molecule has 0 unspecified atom stereocenters. The molecule has 1 aromatic heterocycles. The molecule has 36 heavy (non-hydrogen) atoms. The molecule has 1 saturated heterocycles. The van der Waals surface area contributed by atoms with Gasteiger partial charge in [0.25, 0.3) is 16.8 Å². The predicted octanol–water partition coefficient (Wildman–Crippen LogP) is 3.85. The summed E-state index contributed by atoms with van der Waals surface area (Å²) >= 11 is 0.728. The number of para-hydroxylation sites is 1. The molecule has 2 aliphatic rings. The maximum Gasteiger partial charge on any atom is 0.294 e. The average molecular weight is 506 g/mol. The van der Waals surface area contributed by atoms with E-state index in [0.29, 0.717) is 28.4 Å². The van der Waals surface area contributed by atoms with Crippen LogP contribution in [0.3, 0.4) is 0 Å². The minimum Gasteiger partial charge on any atom is -0.454 e. The number of benzene rings is 2. The van der Waals surface area contributed by atoms with Crippen LogP contribution < -0.4 is 14.8 Å². The first-order chi connectivity index (χ1) is 17.4. The average Bonchev–Trinajstić information content (AvgIpc) is 3.56. The van der Waals surface area contributed by atoms with Gasteiger partial charge in [0.05, 0.1) is 16.4 Å². The molecular formula is C24H18N4O7S. The number of hydrogen-bond acceptors (Lipinski definition) is 8. The number of thioether (sulfide) groups is 1. The number of imide groups is 1. The minimum atomic E-state index is -0.593. The molecule has 0 saturated carbocycles. The van der Waals surface area contributed by atoms with Gasteiger partial charge >= 0.3 is 0 Å². The lowest BCUT2D eigenvalue weighted by Gasteiger charge is -2.12. The number of nitro groups is 1. The third-order valence-electron chi connectivity index (χ3n) is 5.50. The number of fused-ring (bicyclic) bond motifs is 1. The smallest absolute Gasteiger partial charge is 0.294 e. The number of carbonyl (C=O) groups is 3. The molecule has 2 aliphatic heterocycles. The van der Waals surface area contributed by atoms with Crippen molar-refractivity contribution in [2.75, 3.05) is 18.7 Å². The molecular weight excluding hydrogens is 488 g/mol. The van der Waals surface area contributed by atoms with Crippen molar-refractivity contribution in [3.63, 3.8) is 0 Å². The number of nitro benzene ring substituents is 1. The van der Waals surface area contributed by atoms with Crippen molar-refractivity contribution in [1.29, 1.82) is 0 Å². The summed E-state index contributed by atoms with van der Waals surface area (Å²) in [7, 11) is 0. The number of anilines is 1. The van der Waals surface area contributed by atoms with Gasteiger partial charge in [-0.25, -0.2) is 0 Å². The fraction of sp³-hybridized carbons (Fsp3) is 0.125. The van der Waals surface area contributed by atoms with Crippen molar-refractivity contribution in [2.24, 2.45) is 0 Å². The molecule has 1 fully saturated rings. The van der Waals surface area contributed by atoms with E-state index in [4.69, 9.17) is 9.47 Å². The number of nitrogens with one attached hydrogen (secondary N) is 1. The fourth-order valence-corrected chi connectivity index (χ4v) is 4.62. The van der Waals surface area contributed by atoms with Gasteiger partial charge in [-0.2, -0.15) is 0 Å². The van der Waals surface area contributed by atoms with Crippen molar-refractivity contribution >= 4 is 46.3 Å². The molecule has 3 amide bonds. The number of ether oxygens (including phenoxy) is 2. The number of nitrogens with zero attached hydrogens (tertiary/aromatic N) is 3. The Morgan fingerprint density at radius 1 is 1.11 bits per heavy atom. The summed E-state index contributed by atoms with van der Waals surface area (Å²) in [5.41, 5.74) is 1.52. The van der Waals surface area contributed by atoms with E-state index in [1.807, 2.05) is 0 Å². The molecule has 182 valence electrons. The summed E-state index contributed by atoms with van der Waals surface area (Å²) in [5.74, 6) is -0.0807. The van der Waals surface area contributed by atoms with Crippen molar-refractivity contribution in [2.45, 2.75) is 6.54 Å². The normalized spacial score (nSPS) is 15.6. The second-order valence-electron chi connectivity index (χ2n) is 7.83.